The molecule has 1 aromatic rings. The normalized spacial score (nSPS) is 22.0. The zero-order valence-electron chi connectivity index (χ0n) is 25.8. The molecule has 1 heterocycles. The Morgan fingerprint density at radius 2 is 1.42 bits per heavy atom. The largest absolute Gasteiger partial charge is 0.459 e. The van der Waals surface area contributed by atoms with Gasteiger partial charge in [-0.25, -0.2) is 9.59 Å². The van der Waals surface area contributed by atoms with E-state index >= 15 is 0 Å². The van der Waals surface area contributed by atoms with Crippen LogP contribution >= 0.6 is 0 Å². The van der Waals surface area contributed by atoms with Crippen molar-refractivity contribution >= 4 is 44.0 Å². The molecule has 0 aromatic heterocycles. The monoisotopic (exact) mass is 623 g/mol. The molecule has 1 aromatic carbocycles. The Hall–Kier alpha value is -3.75. The van der Waals surface area contributed by atoms with Crippen molar-refractivity contribution < 1.29 is 56.8 Å². The average Bonchev–Trinajstić information content (AvgIpc) is 2.88. The van der Waals surface area contributed by atoms with Crippen molar-refractivity contribution in [2.45, 2.75) is 97.0 Å². The minimum absolute atomic E-state index is 0.0531. The van der Waals surface area contributed by atoms with Gasteiger partial charge in [0.1, 0.15) is 6.61 Å². The van der Waals surface area contributed by atoms with E-state index in [1.807, 2.05) is 0 Å². The van der Waals surface area contributed by atoms with E-state index in [9.17, 15) is 24.0 Å². The predicted molar refractivity (Wildman–Crippen MR) is 155 cm³/mol. The molecule has 0 saturated carbocycles. The minimum Gasteiger partial charge on any atom is -0.459 e. The van der Waals surface area contributed by atoms with Gasteiger partial charge in [0.15, 0.2) is 26.6 Å². The van der Waals surface area contributed by atoms with Crippen LogP contribution in [-0.4, -0.2) is 75.6 Å². The third kappa shape index (κ3) is 10.5. The smallest absolute Gasteiger partial charge is 0.414 e. The van der Waals surface area contributed by atoms with Crippen LogP contribution in [0.5, 0.6) is 0 Å². The van der Waals surface area contributed by atoms with Crippen molar-refractivity contribution in [2.75, 3.05) is 11.9 Å². The number of amides is 1. The fourth-order valence-corrected chi connectivity index (χ4v) is 4.66. The highest BCUT2D eigenvalue weighted by molar-refractivity contribution is 6.74. The summed E-state index contributed by atoms with van der Waals surface area (Å²) in [4.78, 5) is 61.6. The van der Waals surface area contributed by atoms with Crippen LogP contribution in [-0.2, 0) is 58.6 Å². The molecule has 5 atom stereocenters. The van der Waals surface area contributed by atoms with Crippen LogP contribution in [0.4, 0.5) is 10.5 Å². The van der Waals surface area contributed by atoms with Gasteiger partial charge in [0, 0.05) is 26.5 Å². The number of esters is 4. The van der Waals surface area contributed by atoms with Crippen molar-refractivity contribution in [3.05, 3.63) is 42.5 Å². The summed E-state index contributed by atoms with van der Waals surface area (Å²) < 4.78 is 38.1. The first-order chi connectivity index (χ1) is 19.9. The number of nitrogens with one attached hydrogen (secondary N) is 1. The lowest BCUT2D eigenvalue weighted by atomic mass is 9.97. The lowest BCUT2D eigenvalue weighted by Crippen LogP contribution is -2.64. The molecule has 14 heteroatoms. The van der Waals surface area contributed by atoms with E-state index in [0.717, 1.165) is 26.3 Å². The summed E-state index contributed by atoms with van der Waals surface area (Å²) in [5.74, 6) is -3.61. The maximum absolute atomic E-state index is 12.9. The average molecular weight is 624 g/mol. The molecule has 43 heavy (non-hydrogen) atoms. The van der Waals surface area contributed by atoms with Gasteiger partial charge in [-0.2, -0.15) is 0 Å². The molecule has 238 valence electrons. The Balaban J connectivity index is 2.27. The van der Waals surface area contributed by atoms with Gasteiger partial charge >= 0.3 is 30.0 Å². The van der Waals surface area contributed by atoms with Crippen LogP contribution in [0.1, 0.15) is 47.1 Å². The number of rotatable bonds is 11. The first-order valence-corrected chi connectivity index (χ1v) is 16.5. The Labute approximate surface area is 252 Å². The molecule has 5 unspecified atom stereocenters. The molecule has 1 amide bonds. The Bertz CT molecular complexity index is 1180. The van der Waals surface area contributed by atoms with Gasteiger partial charge < -0.3 is 32.8 Å². The van der Waals surface area contributed by atoms with Gasteiger partial charge in [0.2, 0.25) is 12.4 Å². The molecule has 1 fully saturated rings. The molecular formula is C29H41NO12Si. The maximum Gasteiger partial charge on any atom is 0.414 e. The molecular weight excluding hydrogens is 582 g/mol. The fraction of sp³-hybridized carbons (Fsp3) is 0.552. The second kappa shape index (κ2) is 15.1. The molecule has 0 bridgehead atoms. The maximum atomic E-state index is 12.9. The van der Waals surface area contributed by atoms with Crippen LogP contribution in [0.25, 0.3) is 0 Å². The van der Waals surface area contributed by atoms with Crippen molar-refractivity contribution in [1.82, 2.24) is 0 Å². The molecule has 1 N–H and O–H groups in total. The number of carbonyl (C=O) groups excluding carboxylic acids is 5. The summed E-state index contributed by atoms with van der Waals surface area (Å²) in [6, 6.07) is 6.86. The third-order valence-corrected chi connectivity index (χ3v) is 11.3. The summed E-state index contributed by atoms with van der Waals surface area (Å²) in [6.45, 7) is 17.6. The minimum atomic E-state index is -1.96. The number of anilines is 1. The quantitative estimate of drug-likeness (QED) is 0.163. The molecule has 0 radical (unpaired) electrons. The van der Waals surface area contributed by atoms with E-state index in [0.29, 0.717) is 12.3 Å². The standard InChI is InChI=1S/C29H41NO12Si/c1-10-15-36-26(34)24-22(38-17(2)31)23(39-18(3)32)25(40-19(4)33)27(41-24)42-28(35)30-21-13-11-20(12-14-21)16-37-43(8,9)29(5,6)7/h10-14,22-25,27H,1,15-16H2,2-9H3,(H,30,35). The second-order valence-corrected chi connectivity index (χ2v) is 16.2. The number of hydrogen-bond acceptors (Lipinski definition) is 12. The molecule has 13 nitrogen and oxygen atoms in total. The fourth-order valence-electron chi connectivity index (χ4n) is 3.70. The Kier molecular flexibility index (Phi) is 12.5. The van der Waals surface area contributed by atoms with Crippen LogP contribution in [0.15, 0.2) is 36.9 Å². The van der Waals surface area contributed by atoms with Gasteiger partial charge in [-0.3, -0.25) is 19.7 Å². The van der Waals surface area contributed by atoms with Crippen molar-refractivity contribution in [3.8, 4) is 0 Å². The van der Waals surface area contributed by atoms with E-state index < -0.39 is 69.0 Å². The summed E-state index contributed by atoms with van der Waals surface area (Å²) in [5.41, 5.74) is 1.26. The predicted octanol–water partition coefficient (Wildman–Crippen LogP) is 4.01. The van der Waals surface area contributed by atoms with Gasteiger partial charge in [-0.1, -0.05) is 45.6 Å². The zero-order valence-corrected chi connectivity index (χ0v) is 26.8. The highest BCUT2D eigenvalue weighted by Crippen LogP contribution is 2.37. The van der Waals surface area contributed by atoms with E-state index in [-0.39, 0.29) is 11.6 Å². The van der Waals surface area contributed by atoms with Crippen LogP contribution in [0.2, 0.25) is 18.1 Å². The topological polar surface area (TPSA) is 162 Å². The SMILES string of the molecule is C=CCOC(=O)C1OC(OC(=O)Nc2ccc(CO[Si](C)(C)C(C)(C)C)cc2)C(OC(C)=O)C(OC(C)=O)C1OC(C)=O. The lowest BCUT2D eigenvalue weighted by molar-refractivity contribution is -0.287. The molecule has 0 aliphatic carbocycles. The molecule has 1 saturated heterocycles. The zero-order chi connectivity index (χ0) is 32.5. The molecule has 0 spiro atoms. The highest BCUT2D eigenvalue weighted by Gasteiger charge is 2.56. The molecule has 1 aliphatic heterocycles. The summed E-state index contributed by atoms with van der Waals surface area (Å²) in [5, 5.41) is 2.58. The van der Waals surface area contributed by atoms with E-state index in [1.54, 1.807) is 24.3 Å². The molecule has 2 rings (SSSR count). The molecule has 1 aliphatic rings. The van der Waals surface area contributed by atoms with E-state index in [2.05, 4.69) is 45.8 Å². The summed E-state index contributed by atoms with van der Waals surface area (Å²) >= 11 is 0. The summed E-state index contributed by atoms with van der Waals surface area (Å²) in [6.07, 6.45) is -8.08. The number of carbonyl (C=O) groups is 5. The Morgan fingerprint density at radius 1 is 0.884 bits per heavy atom. The Morgan fingerprint density at radius 3 is 1.93 bits per heavy atom. The van der Waals surface area contributed by atoms with Gasteiger partial charge in [0.25, 0.3) is 0 Å². The van der Waals surface area contributed by atoms with Gasteiger partial charge in [-0.05, 0) is 35.8 Å². The first kappa shape index (κ1) is 35.4. The van der Waals surface area contributed by atoms with Crippen molar-refractivity contribution in [3.63, 3.8) is 0 Å². The summed E-state index contributed by atoms with van der Waals surface area (Å²) in [7, 11) is -1.96. The van der Waals surface area contributed by atoms with Gasteiger partial charge in [0.05, 0.1) is 6.61 Å². The van der Waals surface area contributed by atoms with Crippen molar-refractivity contribution in [2.24, 2.45) is 0 Å². The van der Waals surface area contributed by atoms with Crippen LogP contribution in [0, 0.1) is 0 Å². The number of ether oxygens (including phenoxy) is 6. The van der Waals surface area contributed by atoms with Crippen LogP contribution in [0.3, 0.4) is 0 Å². The van der Waals surface area contributed by atoms with Crippen LogP contribution < -0.4 is 5.32 Å². The van der Waals surface area contributed by atoms with E-state index in [1.165, 1.54) is 6.08 Å². The first-order valence-electron chi connectivity index (χ1n) is 13.6. The second-order valence-electron chi connectivity index (χ2n) is 11.3. The highest BCUT2D eigenvalue weighted by atomic mass is 28.4. The lowest BCUT2D eigenvalue weighted by Gasteiger charge is -2.42. The van der Waals surface area contributed by atoms with E-state index in [4.69, 9.17) is 32.8 Å². The van der Waals surface area contributed by atoms with Crippen molar-refractivity contribution in [1.29, 1.82) is 0 Å². The third-order valence-electron chi connectivity index (χ3n) is 6.81. The number of hydrogen-bond donors (Lipinski definition) is 1. The van der Waals surface area contributed by atoms with Gasteiger partial charge in [-0.15, -0.1) is 0 Å². The number of benzene rings is 1.